The second-order valence-corrected chi connectivity index (χ2v) is 26.8. The summed E-state index contributed by atoms with van der Waals surface area (Å²) in [5.41, 5.74) is 24.3. The van der Waals surface area contributed by atoms with Crippen molar-refractivity contribution in [1.29, 1.82) is 0 Å². The van der Waals surface area contributed by atoms with Crippen molar-refractivity contribution in [3.8, 4) is 0 Å². The monoisotopic (exact) mass is 1470 g/mol. The molecule has 26 N–H and O–H groups in total. The highest BCUT2D eigenvalue weighted by Crippen LogP contribution is 2.28. The number of aromatic nitrogens is 1. The van der Waals surface area contributed by atoms with Gasteiger partial charge in [0.15, 0.2) is 0 Å². The normalized spacial score (nSPS) is 16.4. The van der Waals surface area contributed by atoms with Gasteiger partial charge in [0.1, 0.15) is 72.5 Å². The number of fused-ring (bicyclic) bond motifs is 1. The lowest BCUT2D eigenvalue weighted by atomic mass is 9.84. The van der Waals surface area contributed by atoms with Gasteiger partial charge in [-0.2, -0.15) is 0 Å². The van der Waals surface area contributed by atoms with Crippen LogP contribution in [0.1, 0.15) is 138 Å². The third-order valence-electron chi connectivity index (χ3n) is 17.7. The van der Waals surface area contributed by atoms with Crippen molar-refractivity contribution < 1.29 is 92.3 Å². The van der Waals surface area contributed by atoms with Crippen molar-refractivity contribution in [3.05, 3.63) is 36.0 Å². The molecule has 37 nitrogen and oxygen atoms in total. The Morgan fingerprint density at radius 3 is 1.39 bits per heavy atom. The molecule has 1 fully saturated rings. The number of aliphatic carboxylic acids is 2. The zero-order valence-electron chi connectivity index (χ0n) is 60.4. The number of aromatic amines is 1. The lowest BCUT2D eigenvalue weighted by Gasteiger charge is -2.31. The van der Waals surface area contributed by atoms with E-state index in [0.717, 1.165) is 19.3 Å². The molecule has 1 aromatic heterocycles. The number of aliphatic hydroxyl groups excluding tert-OH is 2. The van der Waals surface area contributed by atoms with Crippen molar-refractivity contribution in [1.82, 2.24) is 74.1 Å². The standard InChI is InChI=1S/C67H110N18O19/c1-9-35(6)54(66(102)74-37(8)67(103)104)85-65(101)53(34(4)5)84-59(95)42(19-20-51(89)90)76-60(96)46(27-38-15-11-10-12-16-38)80-58(94)45(23-26-70)77-57(93)44(22-25-69)78-63(99)49(32-87)82-61(97)47(28-39-29-72-41-18-14-13-17-40(39)41)81-62(98)48(31-86)75-50(88)30-73-56(92)43(21-24-68)79-64(100)52(33(2)3)83-55(91)36(7)71/h13-14,17-18,29,33-38,42-49,52-54,72,86-87H,9-12,15-16,19-28,30-32,68-71H2,1-8H3,(H,73,92)(H,74,102)(H,75,88)(H,76,96)(H,77,93)(H,78,99)(H,79,100)(H,80,94)(H,81,98)(H,82,97)(H,83,91)(H,84,95)(H,85,101)(H,89,90)(H,103,104)/t35-,36-,37-,42-,43+,44-,45+,46?,47+,48+,49-,52+,53-,54+/m0/s1. The summed E-state index contributed by atoms with van der Waals surface area (Å²) in [6, 6.07) is -11.8. The van der Waals surface area contributed by atoms with Gasteiger partial charge in [0, 0.05) is 29.9 Å². The molecule has 0 saturated heterocycles. The molecule has 13 amide bonds. The molecule has 0 radical (unpaired) electrons. The molecular weight excluding hydrogens is 1360 g/mol. The van der Waals surface area contributed by atoms with Crippen molar-refractivity contribution in [3.63, 3.8) is 0 Å². The average Bonchev–Trinajstić information content (AvgIpc) is 1.60. The Hall–Kier alpha value is -9.43. The minimum absolute atomic E-state index is 0.0127. The summed E-state index contributed by atoms with van der Waals surface area (Å²) in [6.07, 6.45) is 3.59. The van der Waals surface area contributed by atoms with Crippen LogP contribution in [0.5, 0.6) is 0 Å². The van der Waals surface area contributed by atoms with Crippen LogP contribution < -0.4 is 92.1 Å². The van der Waals surface area contributed by atoms with Gasteiger partial charge < -0.3 is 117 Å². The Balaban J connectivity index is 1.86. The summed E-state index contributed by atoms with van der Waals surface area (Å²) >= 11 is 0. The number of H-pyrrole nitrogens is 1. The summed E-state index contributed by atoms with van der Waals surface area (Å²) in [4.78, 5) is 206. The Bertz CT molecular complexity index is 3250. The molecule has 14 atom stereocenters. The third-order valence-corrected chi connectivity index (χ3v) is 17.7. The van der Waals surface area contributed by atoms with E-state index in [-0.39, 0.29) is 57.7 Å². The molecule has 582 valence electrons. The minimum Gasteiger partial charge on any atom is -0.481 e. The van der Waals surface area contributed by atoms with Gasteiger partial charge in [-0.1, -0.05) is 98.3 Å². The number of carbonyl (C=O) groups excluding carboxylic acids is 13. The van der Waals surface area contributed by atoms with E-state index in [9.17, 15) is 92.3 Å². The molecule has 3 rings (SSSR count). The first-order valence-corrected chi connectivity index (χ1v) is 35.1. The fraction of sp³-hybridized carbons (Fsp3) is 0.657. The van der Waals surface area contributed by atoms with Gasteiger partial charge in [-0.3, -0.25) is 71.9 Å². The van der Waals surface area contributed by atoms with Gasteiger partial charge in [0.25, 0.3) is 0 Å². The summed E-state index contributed by atoms with van der Waals surface area (Å²) in [5, 5.41) is 72.9. The van der Waals surface area contributed by atoms with Crippen LogP contribution >= 0.6 is 0 Å². The smallest absolute Gasteiger partial charge is 0.325 e. The van der Waals surface area contributed by atoms with Crippen LogP contribution in [0.25, 0.3) is 10.9 Å². The van der Waals surface area contributed by atoms with Crippen LogP contribution in [0.15, 0.2) is 30.5 Å². The van der Waals surface area contributed by atoms with Gasteiger partial charge in [-0.25, -0.2) is 0 Å². The molecule has 2 aromatic rings. The van der Waals surface area contributed by atoms with E-state index < -0.39 is 218 Å². The number of carboxylic acid groups (broad SMARTS) is 2. The van der Waals surface area contributed by atoms with E-state index in [4.69, 9.17) is 22.9 Å². The maximum absolute atomic E-state index is 14.6. The van der Waals surface area contributed by atoms with Crippen LogP contribution in [-0.2, 0) is 78.3 Å². The number of nitrogens with one attached hydrogen (secondary N) is 14. The number of aliphatic hydroxyl groups is 2. The largest absolute Gasteiger partial charge is 0.481 e. The molecule has 1 aromatic carbocycles. The highest BCUT2D eigenvalue weighted by Gasteiger charge is 2.39. The van der Waals surface area contributed by atoms with Crippen LogP contribution in [0.2, 0.25) is 0 Å². The van der Waals surface area contributed by atoms with Crippen molar-refractivity contribution in [2.45, 2.75) is 217 Å². The first kappa shape index (κ1) is 88.8. The number of nitrogens with two attached hydrogens (primary N) is 4. The quantitative estimate of drug-likeness (QED) is 0.0294. The molecule has 104 heavy (non-hydrogen) atoms. The molecule has 1 unspecified atom stereocenters. The Kier molecular flexibility index (Phi) is 38.4. The maximum atomic E-state index is 14.6. The molecule has 0 aliphatic heterocycles. The molecule has 1 aliphatic carbocycles. The number of hydrogen-bond donors (Lipinski definition) is 22. The van der Waals surface area contributed by atoms with E-state index in [1.807, 2.05) is 0 Å². The van der Waals surface area contributed by atoms with Gasteiger partial charge in [0.05, 0.1) is 25.8 Å². The summed E-state index contributed by atoms with van der Waals surface area (Å²) in [5.74, 6) is -16.6. The lowest BCUT2D eigenvalue weighted by Crippen LogP contribution is -2.62. The number of amides is 13. The fourth-order valence-electron chi connectivity index (χ4n) is 11.3. The zero-order valence-corrected chi connectivity index (χ0v) is 60.4. The number of hydrogen-bond acceptors (Lipinski definition) is 21. The number of carbonyl (C=O) groups is 15. The van der Waals surface area contributed by atoms with E-state index in [0.29, 0.717) is 35.7 Å². The summed E-state index contributed by atoms with van der Waals surface area (Å²) < 4.78 is 0. The van der Waals surface area contributed by atoms with Crippen molar-refractivity contribution >= 4 is 99.6 Å². The van der Waals surface area contributed by atoms with Gasteiger partial charge in [-0.05, 0) is 101 Å². The number of rotatable bonds is 46. The SMILES string of the molecule is CC[C@H](C)[C@@H](NC(=O)[C@@H](NC(=O)[C@H](CCC(=O)O)NC(=O)C(CC1CCCCC1)NC(=O)[C@@H](CCN)NC(=O)[C@H](CCN)NC(=O)[C@H](CO)NC(=O)[C@@H](Cc1c[nH]c2ccccc12)NC(=O)[C@@H](CO)NC(=O)CNC(=O)[C@@H](CCN)NC(=O)[C@H](NC(=O)[C@H](C)N)C(C)C)C(C)C)C(=O)N[C@@H](C)C(=O)O. The second kappa shape index (κ2) is 44.9. The third kappa shape index (κ3) is 29.0. The number of benzene rings is 1. The highest BCUT2D eigenvalue weighted by atomic mass is 16.4. The number of carboxylic acids is 2. The highest BCUT2D eigenvalue weighted by molar-refractivity contribution is 6.00. The minimum atomic E-state index is -1.86. The molecule has 37 heteroatoms. The zero-order chi connectivity index (χ0) is 78.1. The molecule has 0 spiro atoms. The van der Waals surface area contributed by atoms with Gasteiger partial charge in [0.2, 0.25) is 76.8 Å². The summed E-state index contributed by atoms with van der Waals surface area (Å²) in [7, 11) is 0. The molecule has 1 heterocycles. The lowest BCUT2D eigenvalue weighted by molar-refractivity contribution is -0.142. The van der Waals surface area contributed by atoms with Gasteiger partial charge >= 0.3 is 11.9 Å². The molecule has 0 bridgehead atoms. The molecule has 1 aliphatic rings. The van der Waals surface area contributed by atoms with Crippen LogP contribution in [0.3, 0.4) is 0 Å². The van der Waals surface area contributed by atoms with E-state index in [1.54, 1.807) is 72.0 Å². The predicted molar refractivity (Wildman–Crippen MR) is 378 cm³/mol. The first-order chi connectivity index (χ1) is 49.1. The van der Waals surface area contributed by atoms with E-state index in [1.165, 1.54) is 13.8 Å². The molecular formula is C67H110N18O19. The maximum Gasteiger partial charge on any atom is 0.325 e. The van der Waals surface area contributed by atoms with E-state index in [2.05, 4.69) is 74.1 Å². The van der Waals surface area contributed by atoms with Crippen LogP contribution in [0.4, 0.5) is 0 Å². The van der Waals surface area contributed by atoms with Crippen LogP contribution in [-0.4, -0.2) is 232 Å². The van der Waals surface area contributed by atoms with Crippen LogP contribution in [0, 0.1) is 23.7 Å². The second-order valence-electron chi connectivity index (χ2n) is 26.8. The topological polar surface area (TPSA) is 613 Å². The summed E-state index contributed by atoms with van der Waals surface area (Å²) in [6.45, 7) is 8.97. The number of para-hydroxylation sites is 1. The van der Waals surface area contributed by atoms with Crippen molar-refractivity contribution in [2.24, 2.45) is 46.6 Å². The average molecular weight is 1470 g/mol. The van der Waals surface area contributed by atoms with E-state index >= 15 is 0 Å². The van der Waals surface area contributed by atoms with Gasteiger partial charge in [-0.15, -0.1) is 0 Å². The predicted octanol–water partition coefficient (Wildman–Crippen LogP) is -5.68. The Morgan fingerprint density at radius 1 is 0.481 bits per heavy atom. The first-order valence-electron chi connectivity index (χ1n) is 35.1. The molecule has 1 saturated carbocycles. The Labute approximate surface area is 603 Å². The van der Waals surface area contributed by atoms with Crippen molar-refractivity contribution in [2.75, 3.05) is 39.4 Å². The Morgan fingerprint density at radius 2 is 0.894 bits per heavy atom. The fourth-order valence-corrected chi connectivity index (χ4v) is 11.3.